The highest BCUT2D eigenvalue weighted by Gasteiger charge is 2.54. The summed E-state index contributed by atoms with van der Waals surface area (Å²) in [5.41, 5.74) is 1.39. The minimum absolute atomic E-state index is 0.132. The smallest absolute Gasteiger partial charge is 0.0830 e. The third-order valence-corrected chi connectivity index (χ3v) is 6.04. The Hall–Kier alpha value is -0.340. The molecule has 0 heterocycles. The van der Waals surface area contributed by atoms with Gasteiger partial charge in [-0.15, -0.1) is 0 Å². The molecule has 0 aromatic rings. The number of rotatable bonds is 2. The largest absolute Gasteiger partial charge is 0.394 e. The van der Waals surface area contributed by atoms with E-state index >= 15 is 0 Å². The van der Waals surface area contributed by atoms with E-state index in [0.717, 1.165) is 19.3 Å². The second-order valence-electron chi connectivity index (χ2n) is 6.68. The van der Waals surface area contributed by atoms with Crippen molar-refractivity contribution in [1.29, 1.82) is 0 Å². The van der Waals surface area contributed by atoms with Gasteiger partial charge in [0.1, 0.15) is 0 Å². The van der Waals surface area contributed by atoms with Crippen molar-refractivity contribution in [3.05, 3.63) is 12.2 Å². The van der Waals surface area contributed by atoms with Crippen LogP contribution in [-0.4, -0.2) is 22.9 Å². The fraction of sp³-hybridized carbons (Fsp3) is 0.867. The third-order valence-electron chi connectivity index (χ3n) is 6.04. The van der Waals surface area contributed by atoms with Gasteiger partial charge in [0.2, 0.25) is 0 Å². The molecular weight excluding hydrogens is 212 g/mol. The second-order valence-corrected chi connectivity index (χ2v) is 6.68. The molecule has 2 fully saturated rings. The van der Waals surface area contributed by atoms with Crippen molar-refractivity contribution < 1.29 is 10.2 Å². The zero-order chi connectivity index (χ0) is 12.8. The number of aliphatic hydroxyl groups is 2. The lowest BCUT2D eigenvalue weighted by Crippen LogP contribution is -2.52. The van der Waals surface area contributed by atoms with E-state index in [9.17, 15) is 10.2 Å². The van der Waals surface area contributed by atoms with Crippen LogP contribution in [0.3, 0.4) is 0 Å². The average Bonchev–Trinajstić information content (AvgIpc) is 2.31. The summed E-state index contributed by atoms with van der Waals surface area (Å²) in [6.45, 7) is 11.0. The molecule has 98 valence electrons. The maximum Gasteiger partial charge on any atom is 0.0830 e. The summed E-state index contributed by atoms with van der Waals surface area (Å²) >= 11 is 0. The van der Waals surface area contributed by atoms with Crippen LogP contribution in [0.25, 0.3) is 0 Å². The van der Waals surface area contributed by atoms with E-state index in [1.54, 1.807) is 0 Å². The Morgan fingerprint density at radius 1 is 1.35 bits per heavy atom. The molecule has 0 amide bonds. The predicted octanol–water partition coefficient (Wildman–Crippen LogP) is 2.75. The lowest BCUT2D eigenvalue weighted by atomic mass is 9.47. The topological polar surface area (TPSA) is 40.5 Å². The van der Waals surface area contributed by atoms with Crippen molar-refractivity contribution in [2.75, 3.05) is 6.61 Å². The zero-order valence-corrected chi connectivity index (χ0v) is 11.4. The molecule has 2 rings (SSSR count). The molecular formula is C15H26O2. The van der Waals surface area contributed by atoms with Gasteiger partial charge in [0.05, 0.1) is 12.7 Å². The minimum atomic E-state index is -0.609. The first-order valence-corrected chi connectivity index (χ1v) is 6.84. The van der Waals surface area contributed by atoms with Gasteiger partial charge in [0.25, 0.3) is 0 Å². The predicted molar refractivity (Wildman–Crippen MR) is 69.6 cm³/mol. The van der Waals surface area contributed by atoms with Gasteiger partial charge in [0, 0.05) is 5.41 Å². The standard InChI is InChI=1S/C15H26O2/c1-10-5-6-12-11(2)14(10,3)7-8-15(12,4)13(17)9-16/h10,12-13,16-17H,2,5-9H2,1,3-4H3/t10-,12-,13+,14+,15-/m1/s1. The molecule has 2 bridgehead atoms. The summed E-state index contributed by atoms with van der Waals surface area (Å²) in [5.74, 6) is 1.07. The minimum Gasteiger partial charge on any atom is -0.394 e. The second kappa shape index (κ2) is 4.10. The normalized spacial score (nSPS) is 47.9. The molecule has 17 heavy (non-hydrogen) atoms. The van der Waals surface area contributed by atoms with E-state index in [-0.39, 0.29) is 17.4 Å². The summed E-state index contributed by atoms with van der Waals surface area (Å²) in [7, 11) is 0. The fourth-order valence-corrected chi connectivity index (χ4v) is 4.07. The molecule has 0 saturated heterocycles. The Balaban J connectivity index is 2.32. The first kappa shape index (κ1) is 13.1. The van der Waals surface area contributed by atoms with Crippen molar-refractivity contribution in [3.63, 3.8) is 0 Å². The van der Waals surface area contributed by atoms with Gasteiger partial charge in [-0.1, -0.05) is 32.9 Å². The highest BCUT2D eigenvalue weighted by Crippen LogP contribution is 2.61. The van der Waals surface area contributed by atoms with E-state index in [4.69, 9.17) is 0 Å². The van der Waals surface area contributed by atoms with Crippen molar-refractivity contribution in [2.24, 2.45) is 22.7 Å². The van der Waals surface area contributed by atoms with E-state index in [1.165, 1.54) is 12.0 Å². The van der Waals surface area contributed by atoms with E-state index in [2.05, 4.69) is 27.4 Å². The Morgan fingerprint density at radius 3 is 2.59 bits per heavy atom. The van der Waals surface area contributed by atoms with Crippen LogP contribution in [0.2, 0.25) is 0 Å². The molecule has 0 radical (unpaired) electrons. The summed E-state index contributed by atoms with van der Waals surface area (Å²) < 4.78 is 0. The summed E-state index contributed by atoms with van der Waals surface area (Å²) in [4.78, 5) is 0. The average molecular weight is 238 g/mol. The quantitative estimate of drug-likeness (QED) is 0.726. The van der Waals surface area contributed by atoms with Crippen LogP contribution in [-0.2, 0) is 0 Å². The molecule has 2 aliphatic rings. The number of fused-ring (bicyclic) bond motifs is 2. The number of hydrogen-bond donors (Lipinski definition) is 2. The maximum atomic E-state index is 10.1. The molecule has 0 aliphatic heterocycles. The Bertz CT molecular complexity index is 325. The maximum absolute atomic E-state index is 10.1. The monoisotopic (exact) mass is 238 g/mol. The van der Waals surface area contributed by atoms with Crippen molar-refractivity contribution in [2.45, 2.75) is 52.6 Å². The van der Waals surface area contributed by atoms with Crippen LogP contribution < -0.4 is 0 Å². The third kappa shape index (κ3) is 1.68. The molecule has 2 aliphatic carbocycles. The first-order valence-electron chi connectivity index (χ1n) is 6.84. The molecule has 0 spiro atoms. The zero-order valence-electron chi connectivity index (χ0n) is 11.4. The van der Waals surface area contributed by atoms with Gasteiger partial charge in [-0.25, -0.2) is 0 Å². The Labute approximate surface area is 105 Å². The number of allylic oxidation sites excluding steroid dienone is 1. The van der Waals surface area contributed by atoms with Gasteiger partial charge in [-0.2, -0.15) is 0 Å². The van der Waals surface area contributed by atoms with E-state index < -0.39 is 6.10 Å². The summed E-state index contributed by atoms with van der Waals surface area (Å²) in [6, 6.07) is 0. The molecule has 2 heteroatoms. The van der Waals surface area contributed by atoms with E-state index in [1.807, 2.05) is 0 Å². The van der Waals surface area contributed by atoms with Gasteiger partial charge in [-0.05, 0) is 42.9 Å². The molecule has 0 aromatic carbocycles. The lowest BCUT2D eigenvalue weighted by molar-refractivity contribution is -0.0830. The van der Waals surface area contributed by atoms with Crippen molar-refractivity contribution in [3.8, 4) is 0 Å². The molecule has 2 N–H and O–H groups in total. The van der Waals surface area contributed by atoms with Crippen molar-refractivity contribution >= 4 is 0 Å². The van der Waals surface area contributed by atoms with E-state index in [0.29, 0.717) is 11.8 Å². The summed E-state index contributed by atoms with van der Waals surface area (Å²) in [6.07, 6.45) is 3.81. The summed E-state index contributed by atoms with van der Waals surface area (Å²) in [5, 5.41) is 19.4. The van der Waals surface area contributed by atoms with Gasteiger partial charge >= 0.3 is 0 Å². The number of aliphatic hydroxyl groups excluding tert-OH is 2. The Kier molecular flexibility index (Phi) is 3.16. The van der Waals surface area contributed by atoms with Crippen molar-refractivity contribution in [1.82, 2.24) is 0 Å². The van der Waals surface area contributed by atoms with Crippen LogP contribution in [0.5, 0.6) is 0 Å². The van der Waals surface area contributed by atoms with Gasteiger partial charge < -0.3 is 10.2 Å². The molecule has 5 atom stereocenters. The first-order chi connectivity index (χ1) is 7.86. The Morgan fingerprint density at radius 2 is 2.00 bits per heavy atom. The molecule has 0 aromatic heterocycles. The number of hydrogen-bond acceptors (Lipinski definition) is 2. The van der Waals surface area contributed by atoms with Crippen LogP contribution in [0.4, 0.5) is 0 Å². The molecule has 0 unspecified atom stereocenters. The van der Waals surface area contributed by atoms with Crippen LogP contribution >= 0.6 is 0 Å². The van der Waals surface area contributed by atoms with Crippen LogP contribution in [0, 0.1) is 22.7 Å². The molecule has 2 nitrogen and oxygen atoms in total. The van der Waals surface area contributed by atoms with Gasteiger partial charge in [0.15, 0.2) is 0 Å². The highest BCUT2D eigenvalue weighted by molar-refractivity contribution is 5.24. The fourth-order valence-electron chi connectivity index (χ4n) is 4.07. The SMILES string of the molecule is C=C1[C@H]2CC[C@@H](C)[C@]1(C)CC[C@@]2(C)[C@@H](O)CO. The van der Waals surface area contributed by atoms with Gasteiger partial charge in [-0.3, -0.25) is 0 Å². The lowest BCUT2D eigenvalue weighted by Gasteiger charge is -2.58. The molecule has 2 saturated carbocycles. The van der Waals surface area contributed by atoms with Crippen LogP contribution in [0.15, 0.2) is 12.2 Å². The van der Waals surface area contributed by atoms with Crippen LogP contribution in [0.1, 0.15) is 46.5 Å². The highest BCUT2D eigenvalue weighted by atomic mass is 16.3.